The molecule has 0 atom stereocenters. The van der Waals surface area contributed by atoms with Gasteiger partial charge in [0.2, 0.25) is 0 Å². The van der Waals surface area contributed by atoms with Gasteiger partial charge in [-0.1, -0.05) is 49.7 Å². The molecular weight excluding hydrogens is 350 g/mol. The number of anilines is 1. The number of aryl methyl sites for hydroxylation is 1. The molecule has 0 fully saturated rings. The van der Waals surface area contributed by atoms with Crippen LogP contribution in [0.1, 0.15) is 25.0 Å². The van der Waals surface area contributed by atoms with Crippen molar-refractivity contribution in [1.29, 1.82) is 0 Å². The van der Waals surface area contributed by atoms with Crippen molar-refractivity contribution in [1.82, 2.24) is 0 Å². The minimum atomic E-state index is -0.502. The van der Waals surface area contributed by atoms with Crippen molar-refractivity contribution in [2.24, 2.45) is 5.92 Å². The van der Waals surface area contributed by atoms with Crippen LogP contribution in [0.15, 0.2) is 53.6 Å². The molecule has 2 aromatic rings. The lowest BCUT2D eigenvalue weighted by molar-refractivity contribution is -0.119. The number of halogens is 1. The molecular formula is C21H20ClNO3. The predicted molar refractivity (Wildman–Crippen MR) is 103 cm³/mol. The van der Waals surface area contributed by atoms with Crippen LogP contribution in [0.5, 0.6) is 5.75 Å². The highest BCUT2D eigenvalue weighted by molar-refractivity contribution is 6.60. The van der Waals surface area contributed by atoms with Crippen LogP contribution in [-0.2, 0) is 9.59 Å². The zero-order valence-electron chi connectivity index (χ0n) is 15.0. The van der Waals surface area contributed by atoms with E-state index in [0.29, 0.717) is 29.5 Å². The monoisotopic (exact) mass is 369 g/mol. The van der Waals surface area contributed by atoms with Crippen molar-refractivity contribution in [2.45, 2.75) is 20.8 Å². The Bertz CT molecular complexity index is 884. The Hall–Kier alpha value is -2.59. The number of hydrogen-bond donors (Lipinski definition) is 0. The van der Waals surface area contributed by atoms with Gasteiger partial charge in [-0.2, -0.15) is 0 Å². The fraction of sp³-hybridized carbons (Fsp3) is 0.238. The minimum Gasteiger partial charge on any atom is -0.493 e. The molecule has 1 aliphatic heterocycles. The molecule has 26 heavy (non-hydrogen) atoms. The topological polar surface area (TPSA) is 46.6 Å². The summed E-state index contributed by atoms with van der Waals surface area (Å²) < 4.78 is 5.65. The van der Waals surface area contributed by atoms with Crippen molar-refractivity contribution in [3.05, 3.63) is 64.7 Å². The lowest BCUT2D eigenvalue weighted by Gasteiger charge is -2.15. The van der Waals surface area contributed by atoms with E-state index in [0.717, 1.165) is 10.5 Å². The van der Waals surface area contributed by atoms with Crippen molar-refractivity contribution < 1.29 is 14.3 Å². The molecule has 0 saturated carbocycles. The Kier molecular flexibility index (Phi) is 5.14. The van der Waals surface area contributed by atoms with E-state index < -0.39 is 11.8 Å². The van der Waals surface area contributed by atoms with Gasteiger partial charge >= 0.3 is 0 Å². The molecule has 134 valence electrons. The van der Waals surface area contributed by atoms with Crippen LogP contribution in [0.4, 0.5) is 5.69 Å². The van der Waals surface area contributed by atoms with Gasteiger partial charge in [0.15, 0.2) is 0 Å². The first-order valence-electron chi connectivity index (χ1n) is 8.47. The molecule has 0 radical (unpaired) electrons. The molecule has 0 unspecified atom stereocenters. The number of ether oxygens (including phenoxy) is 1. The van der Waals surface area contributed by atoms with Gasteiger partial charge in [0.1, 0.15) is 10.8 Å². The van der Waals surface area contributed by atoms with Crippen molar-refractivity contribution in [3.8, 4) is 5.75 Å². The summed E-state index contributed by atoms with van der Waals surface area (Å²) in [5.74, 6) is 0.217. The van der Waals surface area contributed by atoms with Crippen molar-refractivity contribution in [2.75, 3.05) is 11.5 Å². The molecule has 3 rings (SSSR count). The predicted octanol–water partition coefficient (Wildman–Crippen LogP) is 4.55. The van der Waals surface area contributed by atoms with E-state index in [1.54, 1.807) is 42.5 Å². The smallest absolute Gasteiger partial charge is 0.277 e. The van der Waals surface area contributed by atoms with Crippen LogP contribution in [-0.4, -0.2) is 18.4 Å². The molecule has 0 saturated heterocycles. The quantitative estimate of drug-likeness (QED) is 0.726. The number of imide groups is 1. The SMILES string of the molecule is Cc1cccc(N2C(=O)C(Cl)=C(c3ccc(OCC(C)C)cc3)C2=O)c1. The van der Waals surface area contributed by atoms with Crippen LogP contribution in [0.3, 0.4) is 0 Å². The van der Waals surface area contributed by atoms with Gasteiger partial charge in [-0.3, -0.25) is 9.59 Å². The summed E-state index contributed by atoms with van der Waals surface area (Å²) in [6.07, 6.45) is 0. The highest BCUT2D eigenvalue weighted by Crippen LogP contribution is 2.35. The van der Waals surface area contributed by atoms with Gasteiger partial charge < -0.3 is 4.74 Å². The maximum Gasteiger partial charge on any atom is 0.277 e. The first-order valence-corrected chi connectivity index (χ1v) is 8.84. The third kappa shape index (κ3) is 3.51. The molecule has 0 aromatic heterocycles. The molecule has 2 aromatic carbocycles. The Labute approximate surface area is 158 Å². The minimum absolute atomic E-state index is 0.0626. The fourth-order valence-electron chi connectivity index (χ4n) is 2.74. The Morgan fingerprint density at radius 2 is 1.73 bits per heavy atom. The normalized spacial score (nSPS) is 14.6. The van der Waals surface area contributed by atoms with E-state index in [2.05, 4.69) is 13.8 Å². The summed E-state index contributed by atoms with van der Waals surface area (Å²) in [7, 11) is 0. The molecule has 0 aliphatic carbocycles. The Balaban J connectivity index is 1.88. The summed E-state index contributed by atoms with van der Waals surface area (Å²) in [5, 5.41) is -0.0626. The lowest BCUT2D eigenvalue weighted by atomic mass is 10.1. The summed E-state index contributed by atoms with van der Waals surface area (Å²) in [6, 6.07) is 14.3. The van der Waals surface area contributed by atoms with Crippen molar-refractivity contribution in [3.63, 3.8) is 0 Å². The summed E-state index contributed by atoms with van der Waals surface area (Å²) in [6.45, 7) is 6.66. The second-order valence-electron chi connectivity index (χ2n) is 6.70. The maximum absolute atomic E-state index is 12.9. The van der Waals surface area contributed by atoms with Gasteiger partial charge in [0.05, 0.1) is 17.9 Å². The van der Waals surface area contributed by atoms with Crippen LogP contribution in [0.25, 0.3) is 5.57 Å². The summed E-state index contributed by atoms with van der Waals surface area (Å²) >= 11 is 6.22. The number of nitrogens with zero attached hydrogens (tertiary/aromatic N) is 1. The van der Waals surface area contributed by atoms with Gasteiger partial charge in [-0.15, -0.1) is 0 Å². The van der Waals surface area contributed by atoms with E-state index in [9.17, 15) is 9.59 Å². The van der Waals surface area contributed by atoms with E-state index >= 15 is 0 Å². The van der Waals surface area contributed by atoms with E-state index in [1.807, 2.05) is 13.0 Å². The molecule has 0 N–H and O–H groups in total. The highest BCUT2D eigenvalue weighted by Gasteiger charge is 2.39. The number of hydrogen-bond acceptors (Lipinski definition) is 3. The number of benzene rings is 2. The fourth-order valence-corrected chi connectivity index (χ4v) is 3.01. The largest absolute Gasteiger partial charge is 0.493 e. The second kappa shape index (κ2) is 7.34. The third-order valence-corrected chi connectivity index (χ3v) is 4.36. The van der Waals surface area contributed by atoms with Gasteiger partial charge in [0, 0.05) is 0 Å². The molecule has 5 heteroatoms. The summed E-state index contributed by atoms with van der Waals surface area (Å²) in [5.41, 5.74) is 2.29. The lowest BCUT2D eigenvalue weighted by Crippen LogP contribution is -2.31. The number of rotatable bonds is 5. The highest BCUT2D eigenvalue weighted by atomic mass is 35.5. The molecule has 4 nitrogen and oxygen atoms in total. The van der Waals surface area contributed by atoms with E-state index in [-0.39, 0.29) is 10.6 Å². The van der Waals surface area contributed by atoms with Crippen molar-refractivity contribution >= 4 is 34.7 Å². The Morgan fingerprint density at radius 1 is 1.04 bits per heavy atom. The van der Waals surface area contributed by atoms with Gasteiger partial charge in [-0.05, 0) is 48.2 Å². The molecule has 1 heterocycles. The molecule has 1 aliphatic rings. The van der Waals surface area contributed by atoms with Crippen LogP contribution >= 0.6 is 11.6 Å². The molecule has 0 spiro atoms. The van der Waals surface area contributed by atoms with Gasteiger partial charge in [-0.25, -0.2) is 4.90 Å². The second-order valence-corrected chi connectivity index (χ2v) is 7.08. The average molecular weight is 370 g/mol. The van der Waals surface area contributed by atoms with Gasteiger partial charge in [0.25, 0.3) is 11.8 Å². The van der Waals surface area contributed by atoms with E-state index in [4.69, 9.17) is 16.3 Å². The molecule has 0 bridgehead atoms. The Morgan fingerprint density at radius 3 is 2.35 bits per heavy atom. The number of carbonyl (C=O) groups excluding carboxylic acids is 2. The van der Waals surface area contributed by atoms with Crippen LogP contribution < -0.4 is 9.64 Å². The maximum atomic E-state index is 12.9. The standard InChI is InChI=1S/C21H20ClNO3/c1-13(2)12-26-17-9-7-15(8-10-17)18-19(22)21(25)23(20(18)24)16-6-4-5-14(3)11-16/h4-11,13H,12H2,1-3H3. The summed E-state index contributed by atoms with van der Waals surface area (Å²) in [4.78, 5) is 26.5. The van der Waals surface area contributed by atoms with Crippen LogP contribution in [0, 0.1) is 12.8 Å². The average Bonchev–Trinajstić information content (AvgIpc) is 2.83. The zero-order chi connectivity index (χ0) is 18.8. The number of amides is 2. The van der Waals surface area contributed by atoms with Crippen LogP contribution in [0.2, 0.25) is 0 Å². The first-order chi connectivity index (χ1) is 12.4. The zero-order valence-corrected chi connectivity index (χ0v) is 15.7. The first kappa shape index (κ1) is 18.2. The third-order valence-electron chi connectivity index (χ3n) is 4.01. The van der Waals surface area contributed by atoms with E-state index in [1.165, 1.54) is 0 Å². The molecule has 2 amide bonds. The number of carbonyl (C=O) groups is 2.